The number of hydrogen-bond acceptors (Lipinski definition) is 3. The van der Waals surface area contributed by atoms with E-state index in [-0.39, 0.29) is 31.4 Å². The fourth-order valence-corrected chi connectivity index (χ4v) is 1.25. The summed E-state index contributed by atoms with van der Waals surface area (Å²) in [6.45, 7) is 1.39. The third kappa shape index (κ3) is 5.93. The maximum Gasteiger partial charge on any atom is 0.283 e. The number of nitrogens with one attached hydrogen (secondary N) is 1. The van der Waals surface area contributed by atoms with Crippen molar-refractivity contribution in [3.8, 4) is 0 Å². The van der Waals surface area contributed by atoms with Crippen LogP contribution in [0, 0.1) is 0 Å². The van der Waals surface area contributed by atoms with Gasteiger partial charge in [0.05, 0.1) is 6.54 Å². The fraction of sp³-hybridized carbons (Fsp3) is 1.00. The van der Waals surface area contributed by atoms with E-state index in [1.54, 1.807) is 4.90 Å². The topological polar surface area (TPSA) is 35.5 Å². The molecule has 0 aromatic carbocycles. The highest BCUT2D eigenvalue weighted by Crippen LogP contribution is 2.14. The van der Waals surface area contributed by atoms with Gasteiger partial charge in [-0.05, 0) is 0 Å². The number of rotatable bonds is 3. The molecular formula is C7H16Cl2F2N2O. The van der Waals surface area contributed by atoms with Gasteiger partial charge in [-0.15, -0.1) is 24.8 Å². The molecule has 1 saturated heterocycles. The van der Waals surface area contributed by atoms with E-state index in [0.717, 1.165) is 13.1 Å². The Morgan fingerprint density at radius 1 is 1.21 bits per heavy atom. The van der Waals surface area contributed by atoms with E-state index in [0.29, 0.717) is 13.1 Å². The standard InChI is InChI=1S/C7H14F2N2O.2ClH/c8-7(9,6-12)5-11-3-1-10-2-4-11;;/h10,12H,1-6H2;2*1H. The van der Waals surface area contributed by atoms with Crippen LogP contribution in [0.25, 0.3) is 0 Å². The van der Waals surface area contributed by atoms with Gasteiger partial charge in [-0.2, -0.15) is 0 Å². The highest BCUT2D eigenvalue weighted by atomic mass is 35.5. The number of alkyl halides is 2. The van der Waals surface area contributed by atoms with E-state index in [2.05, 4.69) is 5.32 Å². The van der Waals surface area contributed by atoms with Gasteiger partial charge in [-0.1, -0.05) is 0 Å². The number of aliphatic hydroxyl groups excluding tert-OH is 1. The Morgan fingerprint density at radius 3 is 2.14 bits per heavy atom. The molecule has 0 aliphatic carbocycles. The van der Waals surface area contributed by atoms with Crippen LogP contribution >= 0.6 is 24.8 Å². The van der Waals surface area contributed by atoms with Crippen molar-refractivity contribution in [1.29, 1.82) is 0 Å². The van der Waals surface area contributed by atoms with E-state index < -0.39 is 12.5 Å². The van der Waals surface area contributed by atoms with Gasteiger partial charge in [0.1, 0.15) is 6.61 Å². The Balaban J connectivity index is 0. The van der Waals surface area contributed by atoms with Crippen LogP contribution in [0.3, 0.4) is 0 Å². The Hall–Kier alpha value is 0.320. The second kappa shape index (κ2) is 7.59. The lowest BCUT2D eigenvalue weighted by atomic mass is 10.3. The minimum atomic E-state index is -2.95. The summed E-state index contributed by atoms with van der Waals surface area (Å²) in [6.07, 6.45) is 0. The first-order chi connectivity index (χ1) is 5.64. The van der Waals surface area contributed by atoms with Gasteiger partial charge in [0.2, 0.25) is 0 Å². The molecule has 0 atom stereocenters. The van der Waals surface area contributed by atoms with Crippen LogP contribution in [0.15, 0.2) is 0 Å². The second-order valence-electron chi connectivity index (χ2n) is 3.04. The van der Waals surface area contributed by atoms with Crippen LogP contribution < -0.4 is 5.32 Å². The summed E-state index contributed by atoms with van der Waals surface area (Å²) in [4.78, 5) is 1.66. The Bertz CT molecular complexity index is 146. The summed E-state index contributed by atoms with van der Waals surface area (Å²) in [7, 11) is 0. The zero-order valence-electron chi connectivity index (χ0n) is 7.71. The SMILES string of the molecule is Cl.Cl.OCC(F)(F)CN1CCNCC1. The van der Waals surface area contributed by atoms with Crippen LogP contribution in [0.5, 0.6) is 0 Å². The first kappa shape index (κ1) is 16.7. The van der Waals surface area contributed by atoms with E-state index in [9.17, 15) is 8.78 Å². The summed E-state index contributed by atoms with van der Waals surface area (Å²) < 4.78 is 25.3. The molecule has 14 heavy (non-hydrogen) atoms. The van der Waals surface area contributed by atoms with E-state index in [1.807, 2.05) is 0 Å². The molecule has 0 radical (unpaired) electrons. The lowest BCUT2D eigenvalue weighted by molar-refractivity contribution is -0.0741. The Kier molecular flexibility index (Phi) is 9.08. The van der Waals surface area contributed by atoms with E-state index >= 15 is 0 Å². The molecule has 1 rings (SSSR count). The molecule has 88 valence electrons. The third-order valence-corrected chi connectivity index (χ3v) is 1.90. The van der Waals surface area contributed by atoms with Crippen LogP contribution in [-0.4, -0.2) is 55.3 Å². The molecule has 0 saturated carbocycles. The van der Waals surface area contributed by atoms with Crippen molar-refractivity contribution < 1.29 is 13.9 Å². The normalized spacial score (nSPS) is 18.2. The van der Waals surface area contributed by atoms with Gasteiger partial charge in [0.25, 0.3) is 5.92 Å². The smallest absolute Gasteiger partial charge is 0.283 e. The second-order valence-corrected chi connectivity index (χ2v) is 3.04. The highest BCUT2D eigenvalue weighted by molar-refractivity contribution is 5.85. The molecule has 1 heterocycles. The molecule has 2 N–H and O–H groups in total. The molecular weight excluding hydrogens is 237 g/mol. The molecule has 0 spiro atoms. The number of hydrogen-bond donors (Lipinski definition) is 2. The molecule has 0 bridgehead atoms. The number of aliphatic hydroxyl groups is 1. The first-order valence-electron chi connectivity index (χ1n) is 4.06. The zero-order chi connectivity index (χ0) is 9.03. The minimum Gasteiger partial charge on any atom is -0.390 e. The Morgan fingerprint density at radius 2 is 1.71 bits per heavy atom. The lowest BCUT2D eigenvalue weighted by Crippen LogP contribution is -2.48. The van der Waals surface area contributed by atoms with Crippen LogP contribution in [0.2, 0.25) is 0 Å². The number of halogens is 4. The maximum atomic E-state index is 12.6. The predicted molar refractivity (Wildman–Crippen MR) is 55.8 cm³/mol. The molecule has 0 aromatic rings. The van der Waals surface area contributed by atoms with Crippen molar-refractivity contribution in [2.75, 3.05) is 39.3 Å². The molecule has 0 unspecified atom stereocenters. The number of nitrogens with zero attached hydrogens (tertiary/aromatic N) is 1. The van der Waals surface area contributed by atoms with Gasteiger partial charge in [-0.3, -0.25) is 4.90 Å². The predicted octanol–water partition coefficient (Wildman–Crippen LogP) is 0.363. The largest absolute Gasteiger partial charge is 0.390 e. The highest BCUT2D eigenvalue weighted by Gasteiger charge is 2.30. The average molecular weight is 253 g/mol. The summed E-state index contributed by atoms with van der Waals surface area (Å²) in [5.41, 5.74) is 0. The maximum absolute atomic E-state index is 12.6. The first-order valence-corrected chi connectivity index (χ1v) is 4.06. The van der Waals surface area contributed by atoms with Crippen molar-refractivity contribution in [3.63, 3.8) is 0 Å². The lowest BCUT2D eigenvalue weighted by Gasteiger charge is -2.29. The van der Waals surface area contributed by atoms with E-state index in [1.165, 1.54) is 0 Å². The summed E-state index contributed by atoms with van der Waals surface area (Å²) in [5, 5.41) is 11.4. The summed E-state index contributed by atoms with van der Waals surface area (Å²) >= 11 is 0. The zero-order valence-corrected chi connectivity index (χ0v) is 9.34. The van der Waals surface area contributed by atoms with Crippen molar-refractivity contribution in [2.24, 2.45) is 0 Å². The van der Waals surface area contributed by atoms with E-state index in [4.69, 9.17) is 5.11 Å². The van der Waals surface area contributed by atoms with Crippen molar-refractivity contribution in [1.82, 2.24) is 10.2 Å². The van der Waals surface area contributed by atoms with Crippen LogP contribution in [-0.2, 0) is 0 Å². The van der Waals surface area contributed by atoms with Gasteiger partial charge in [0.15, 0.2) is 0 Å². The molecule has 1 aliphatic heterocycles. The summed E-state index contributed by atoms with van der Waals surface area (Å²) in [5.74, 6) is -2.95. The van der Waals surface area contributed by atoms with Crippen molar-refractivity contribution >= 4 is 24.8 Å². The van der Waals surface area contributed by atoms with Crippen molar-refractivity contribution in [3.05, 3.63) is 0 Å². The minimum absolute atomic E-state index is 0. The monoisotopic (exact) mass is 252 g/mol. The van der Waals surface area contributed by atoms with Gasteiger partial charge < -0.3 is 10.4 Å². The van der Waals surface area contributed by atoms with Crippen molar-refractivity contribution in [2.45, 2.75) is 5.92 Å². The average Bonchev–Trinajstić information content (AvgIpc) is 2.06. The van der Waals surface area contributed by atoms with Gasteiger partial charge in [0, 0.05) is 26.2 Å². The van der Waals surface area contributed by atoms with Crippen LogP contribution in [0.1, 0.15) is 0 Å². The number of piperazine rings is 1. The third-order valence-electron chi connectivity index (χ3n) is 1.90. The fourth-order valence-electron chi connectivity index (χ4n) is 1.25. The summed E-state index contributed by atoms with van der Waals surface area (Å²) in [6, 6.07) is 0. The van der Waals surface area contributed by atoms with Crippen LogP contribution in [0.4, 0.5) is 8.78 Å². The Labute approximate surface area is 94.7 Å². The molecule has 1 fully saturated rings. The molecule has 1 aliphatic rings. The van der Waals surface area contributed by atoms with Gasteiger partial charge in [-0.25, -0.2) is 8.78 Å². The quantitative estimate of drug-likeness (QED) is 0.762. The van der Waals surface area contributed by atoms with Gasteiger partial charge >= 0.3 is 0 Å². The molecule has 0 amide bonds. The molecule has 3 nitrogen and oxygen atoms in total. The molecule has 7 heteroatoms. The molecule has 0 aromatic heterocycles.